The molecule has 0 fully saturated rings. The van der Waals surface area contributed by atoms with Gasteiger partial charge in [0.05, 0.1) is 15.5 Å². The van der Waals surface area contributed by atoms with Crippen molar-refractivity contribution < 1.29 is 9.90 Å². The van der Waals surface area contributed by atoms with Gasteiger partial charge in [-0.1, -0.05) is 23.2 Å². The number of aromatic carboxylic acids is 1. The molecule has 2 aromatic rings. The number of benzene rings is 1. The molecule has 16 heavy (non-hydrogen) atoms. The Morgan fingerprint density at radius 3 is 2.56 bits per heavy atom. The summed E-state index contributed by atoms with van der Waals surface area (Å²) in [5.41, 5.74) is 0.886. The Hall–Kier alpha value is -1.03. The molecule has 0 saturated heterocycles. The van der Waals surface area contributed by atoms with E-state index in [1.165, 1.54) is 17.4 Å². The van der Waals surface area contributed by atoms with Gasteiger partial charge in [0, 0.05) is 5.02 Å². The molecule has 0 radical (unpaired) electrons. The Morgan fingerprint density at radius 1 is 1.25 bits per heavy atom. The van der Waals surface area contributed by atoms with Gasteiger partial charge in [-0.05, 0) is 35.2 Å². The number of carboxylic acids is 1. The van der Waals surface area contributed by atoms with Crippen LogP contribution in [-0.4, -0.2) is 11.1 Å². The molecule has 5 heteroatoms. The molecule has 1 aromatic carbocycles. The quantitative estimate of drug-likeness (QED) is 0.879. The van der Waals surface area contributed by atoms with Gasteiger partial charge in [0.25, 0.3) is 0 Å². The normalized spacial score (nSPS) is 10.4. The number of rotatable bonds is 2. The summed E-state index contributed by atoms with van der Waals surface area (Å²) >= 11 is 13.3. The van der Waals surface area contributed by atoms with Crippen molar-refractivity contribution in [2.45, 2.75) is 0 Å². The molecule has 0 atom stereocenters. The maximum absolute atomic E-state index is 10.9. The molecular weight excluding hydrogens is 267 g/mol. The third-order valence-corrected chi connectivity index (χ3v) is 3.63. The molecule has 0 spiro atoms. The van der Waals surface area contributed by atoms with Gasteiger partial charge in [-0.25, -0.2) is 4.79 Å². The summed E-state index contributed by atoms with van der Waals surface area (Å²) in [7, 11) is 0. The van der Waals surface area contributed by atoms with Crippen LogP contribution in [0.4, 0.5) is 0 Å². The summed E-state index contributed by atoms with van der Waals surface area (Å²) in [5.74, 6) is -1.00. The van der Waals surface area contributed by atoms with Crippen LogP contribution in [0.3, 0.4) is 0 Å². The molecule has 82 valence electrons. The van der Waals surface area contributed by atoms with Crippen molar-refractivity contribution in [3.8, 4) is 10.4 Å². The minimum Gasteiger partial charge on any atom is -0.478 e. The van der Waals surface area contributed by atoms with Gasteiger partial charge >= 0.3 is 5.97 Å². The van der Waals surface area contributed by atoms with E-state index < -0.39 is 5.97 Å². The van der Waals surface area contributed by atoms with Crippen molar-refractivity contribution in [2.24, 2.45) is 0 Å². The van der Waals surface area contributed by atoms with Crippen molar-refractivity contribution in [2.75, 3.05) is 0 Å². The van der Waals surface area contributed by atoms with E-state index in [9.17, 15) is 4.79 Å². The van der Waals surface area contributed by atoms with Gasteiger partial charge in [0.2, 0.25) is 0 Å². The van der Waals surface area contributed by atoms with E-state index in [-0.39, 0.29) is 5.56 Å². The molecule has 0 saturated carbocycles. The van der Waals surface area contributed by atoms with Crippen LogP contribution in [0.5, 0.6) is 0 Å². The molecule has 1 heterocycles. The molecule has 0 bridgehead atoms. The first-order valence-electron chi connectivity index (χ1n) is 4.35. The average Bonchev–Trinajstić information content (AvgIpc) is 2.63. The maximum Gasteiger partial charge on any atom is 0.335 e. The Morgan fingerprint density at radius 2 is 2.00 bits per heavy atom. The first kappa shape index (κ1) is 11.5. The standard InChI is InChI=1S/C11H6Cl2O2S/c12-8-4-6(3-7(5-8)11(14)15)10-9(13)1-2-16-10/h1-5H,(H,14,15). The number of hydrogen-bond donors (Lipinski definition) is 1. The predicted octanol–water partition coefficient (Wildman–Crippen LogP) is 4.42. The van der Waals surface area contributed by atoms with Crippen LogP contribution in [0.25, 0.3) is 10.4 Å². The Bertz CT molecular complexity index is 549. The number of halogens is 2. The zero-order valence-corrected chi connectivity index (χ0v) is 10.2. The second kappa shape index (κ2) is 4.45. The SMILES string of the molecule is O=C(O)c1cc(Cl)cc(-c2sccc2Cl)c1. The predicted molar refractivity (Wildman–Crippen MR) is 66.7 cm³/mol. The van der Waals surface area contributed by atoms with Crippen LogP contribution in [0.1, 0.15) is 10.4 Å². The number of carbonyl (C=O) groups is 1. The fraction of sp³-hybridized carbons (Fsp3) is 0. The molecule has 2 nitrogen and oxygen atoms in total. The van der Waals surface area contributed by atoms with Gasteiger partial charge in [0.1, 0.15) is 0 Å². The number of hydrogen-bond acceptors (Lipinski definition) is 2. The summed E-state index contributed by atoms with van der Waals surface area (Å²) in [6, 6.07) is 6.44. The summed E-state index contributed by atoms with van der Waals surface area (Å²) in [5, 5.41) is 11.7. The number of carboxylic acid groups (broad SMARTS) is 1. The van der Waals surface area contributed by atoms with E-state index in [1.807, 2.05) is 5.38 Å². The van der Waals surface area contributed by atoms with Gasteiger partial charge in [0.15, 0.2) is 0 Å². The maximum atomic E-state index is 10.9. The third-order valence-electron chi connectivity index (χ3n) is 2.02. The van der Waals surface area contributed by atoms with Gasteiger partial charge in [-0.2, -0.15) is 0 Å². The van der Waals surface area contributed by atoms with E-state index in [0.29, 0.717) is 10.0 Å². The largest absolute Gasteiger partial charge is 0.478 e. The average molecular weight is 273 g/mol. The molecule has 1 N–H and O–H groups in total. The highest BCUT2D eigenvalue weighted by Gasteiger charge is 2.10. The van der Waals surface area contributed by atoms with Crippen molar-refractivity contribution in [3.63, 3.8) is 0 Å². The van der Waals surface area contributed by atoms with Gasteiger partial charge < -0.3 is 5.11 Å². The molecule has 0 aliphatic heterocycles. The summed E-state index contributed by atoms with van der Waals surface area (Å²) in [6.45, 7) is 0. The first-order chi connectivity index (χ1) is 7.58. The lowest BCUT2D eigenvalue weighted by Gasteiger charge is -2.02. The zero-order valence-electron chi connectivity index (χ0n) is 7.91. The van der Waals surface area contributed by atoms with Crippen molar-refractivity contribution in [1.29, 1.82) is 0 Å². The second-order valence-corrected chi connectivity index (χ2v) is 4.89. The molecule has 0 unspecified atom stereocenters. The van der Waals surface area contributed by atoms with Crippen molar-refractivity contribution in [3.05, 3.63) is 45.3 Å². The summed E-state index contributed by atoms with van der Waals surface area (Å²) < 4.78 is 0. The Labute approximate surface area is 106 Å². The molecule has 0 amide bonds. The lowest BCUT2D eigenvalue weighted by molar-refractivity contribution is 0.0697. The summed E-state index contributed by atoms with van der Waals surface area (Å²) in [6.07, 6.45) is 0. The van der Waals surface area contributed by atoms with E-state index in [1.54, 1.807) is 18.2 Å². The van der Waals surface area contributed by atoms with E-state index in [4.69, 9.17) is 28.3 Å². The highest BCUT2D eigenvalue weighted by Crippen LogP contribution is 2.35. The minimum absolute atomic E-state index is 0.159. The highest BCUT2D eigenvalue weighted by atomic mass is 35.5. The smallest absolute Gasteiger partial charge is 0.335 e. The third kappa shape index (κ3) is 2.21. The molecule has 0 aliphatic carbocycles. The topological polar surface area (TPSA) is 37.3 Å². The van der Waals surface area contributed by atoms with Crippen LogP contribution >= 0.6 is 34.5 Å². The lowest BCUT2D eigenvalue weighted by Crippen LogP contribution is -1.96. The Balaban J connectivity index is 2.58. The minimum atomic E-state index is -1.00. The second-order valence-electron chi connectivity index (χ2n) is 3.13. The van der Waals surface area contributed by atoms with Gasteiger partial charge in [-0.15, -0.1) is 11.3 Å². The van der Waals surface area contributed by atoms with Crippen LogP contribution in [0.15, 0.2) is 29.6 Å². The Kier molecular flexibility index (Phi) is 3.19. The van der Waals surface area contributed by atoms with Crippen molar-refractivity contribution in [1.82, 2.24) is 0 Å². The van der Waals surface area contributed by atoms with Crippen LogP contribution in [-0.2, 0) is 0 Å². The lowest BCUT2D eigenvalue weighted by atomic mass is 10.1. The molecular formula is C11H6Cl2O2S. The monoisotopic (exact) mass is 272 g/mol. The summed E-state index contributed by atoms with van der Waals surface area (Å²) in [4.78, 5) is 11.7. The van der Waals surface area contributed by atoms with E-state index >= 15 is 0 Å². The van der Waals surface area contributed by atoms with Crippen molar-refractivity contribution >= 4 is 40.5 Å². The molecule has 2 rings (SSSR count). The highest BCUT2D eigenvalue weighted by molar-refractivity contribution is 7.14. The van der Waals surface area contributed by atoms with Gasteiger partial charge in [-0.3, -0.25) is 0 Å². The van der Waals surface area contributed by atoms with Crippen LogP contribution in [0.2, 0.25) is 10.0 Å². The van der Waals surface area contributed by atoms with E-state index in [2.05, 4.69) is 0 Å². The fourth-order valence-electron chi connectivity index (χ4n) is 1.34. The molecule has 0 aliphatic rings. The first-order valence-corrected chi connectivity index (χ1v) is 5.99. The zero-order chi connectivity index (χ0) is 11.7. The van der Waals surface area contributed by atoms with Crippen LogP contribution in [0, 0.1) is 0 Å². The molecule has 1 aromatic heterocycles. The number of thiophene rings is 1. The van der Waals surface area contributed by atoms with E-state index in [0.717, 1.165) is 10.4 Å². The van der Waals surface area contributed by atoms with Crippen LogP contribution < -0.4 is 0 Å². The fourth-order valence-corrected chi connectivity index (χ4v) is 2.73.